The number of benzene rings is 1. The number of carbonyl (C=O) groups is 2. The highest BCUT2D eigenvalue weighted by atomic mass is 16.2. The quantitative estimate of drug-likeness (QED) is 0.601. The van der Waals surface area contributed by atoms with Crippen LogP contribution in [-0.4, -0.2) is 66.0 Å². The third-order valence-electron chi connectivity index (χ3n) is 6.66. The fourth-order valence-corrected chi connectivity index (χ4v) is 5.01. The molecule has 2 amide bonds. The molecule has 33 heavy (non-hydrogen) atoms. The monoisotopic (exact) mass is 450 g/mol. The Morgan fingerprint density at radius 1 is 1.21 bits per heavy atom. The van der Waals surface area contributed by atoms with Crippen molar-refractivity contribution in [1.29, 1.82) is 0 Å². The Balaban J connectivity index is 1.57. The van der Waals surface area contributed by atoms with Crippen molar-refractivity contribution in [3.8, 4) is 0 Å². The molecule has 0 radical (unpaired) electrons. The average molecular weight is 451 g/mol. The molecule has 0 aliphatic carbocycles. The molecule has 1 atom stereocenters. The first-order chi connectivity index (χ1) is 15.8. The van der Waals surface area contributed by atoms with Gasteiger partial charge in [0.05, 0.1) is 5.52 Å². The Bertz CT molecular complexity index is 1050. The third-order valence-corrected chi connectivity index (χ3v) is 6.66. The van der Waals surface area contributed by atoms with Gasteiger partial charge in [-0.2, -0.15) is 4.98 Å². The number of anilines is 2. The molecule has 1 spiro atoms. The molecule has 2 fully saturated rings. The number of fused-ring (bicyclic) bond motifs is 1. The van der Waals surface area contributed by atoms with Crippen LogP contribution in [0.15, 0.2) is 36.9 Å². The molecule has 3 heterocycles. The molecule has 2 aliphatic rings. The molecule has 2 saturated heterocycles. The van der Waals surface area contributed by atoms with Gasteiger partial charge >= 0.3 is 0 Å². The molecule has 176 valence electrons. The van der Waals surface area contributed by atoms with Gasteiger partial charge in [0.15, 0.2) is 0 Å². The summed E-state index contributed by atoms with van der Waals surface area (Å²) in [6.45, 7) is 11.1. The Hall–Kier alpha value is -3.16. The summed E-state index contributed by atoms with van der Waals surface area (Å²) in [5, 5.41) is 7.24. The molecule has 1 aromatic heterocycles. The maximum absolute atomic E-state index is 12.1. The second kappa shape index (κ2) is 9.37. The van der Waals surface area contributed by atoms with Crippen LogP contribution in [0.25, 0.3) is 10.9 Å². The molecule has 1 aromatic carbocycles. The number of likely N-dealkylation sites (tertiary alicyclic amines) is 1. The maximum Gasteiger partial charge on any atom is 0.245 e. The Kier molecular flexibility index (Phi) is 6.54. The first-order valence-corrected chi connectivity index (χ1v) is 11.7. The number of hydrogen-bond donors (Lipinski definition) is 2. The number of rotatable bonds is 8. The van der Waals surface area contributed by atoms with Crippen LogP contribution in [0, 0.1) is 11.3 Å². The van der Waals surface area contributed by atoms with E-state index in [0.717, 1.165) is 55.7 Å². The number of para-hydroxylation sites is 1. The topological polar surface area (TPSA) is 90.5 Å². The van der Waals surface area contributed by atoms with Crippen molar-refractivity contribution in [1.82, 2.24) is 20.2 Å². The van der Waals surface area contributed by atoms with Crippen molar-refractivity contribution in [3.05, 3.63) is 36.9 Å². The Morgan fingerprint density at radius 3 is 2.67 bits per heavy atom. The lowest BCUT2D eigenvalue weighted by molar-refractivity contribution is -0.136. The number of nitrogens with zero attached hydrogens (tertiary/aromatic N) is 4. The summed E-state index contributed by atoms with van der Waals surface area (Å²) in [5.74, 6) is 1.92. The van der Waals surface area contributed by atoms with E-state index in [1.807, 2.05) is 29.2 Å². The Labute approximate surface area is 195 Å². The second-order valence-electron chi connectivity index (χ2n) is 9.81. The van der Waals surface area contributed by atoms with Crippen molar-refractivity contribution in [3.63, 3.8) is 0 Å². The zero-order valence-electron chi connectivity index (χ0n) is 19.8. The normalized spacial score (nSPS) is 17.8. The number of carbonyl (C=O) groups excluding carboxylic acids is 2. The zero-order chi connectivity index (χ0) is 23.6. The Morgan fingerprint density at radius 2 is 1.97 bits per heavy atom. The van der Waals surface area contributed by atoms with Gasteiger partial charge in [-0.05, 0) is 37.0 Å². The molecule has 2 N–H and O–H groups in total. The van der Waals surface area contributed by atoms with Gasteiger partial charge in [-0.3, -0.25) is 9.59 Å². The van der Waals surface area contributed by atoms with Crippen LogP contribution in [0.5, 0.6) is 0 Å². The summed E-state index contributed by atoms with van der Waals surface area (Å²) in [6, 6.07) is 7.96. The zero-order valence-corrected chi connectivity index (χ0v) is 19.8. The van der Waals surface area contributed by atoms with E-state index in [0.29, 0.717) is 18.3 Å². The summed E-state index contributed by atoms with van der Waals surface area (Å²) in [5.41, 5.74) is 0.993. The van der Waals surface area contributed by atoms with Gasteiger partial charge in [0.25, 0.3) is 0 Å². The summed E-state index contributed by atoms with van der Waals surface area (Å²) in [4.78, 5) is 37.9. The highest BCUT2D eigenvalue weighted by molar-refractivity contribution is 5.90. The molecular formula is C25H34N6O2. The van der Waals surface area contributed by atoms with Crippen LogP contribution in [0.2, 0.25) is 0 Å². The van der Waals surface area contributed by atoms with Crippen LogP contribution < -0.4 is 15.5 Å². The molecule has 0 bridgehead atoms. The predicted octanol–water partition coefficient (Wildman–Crippen LogP) is 2.82. The minimum absolute atomic E-state index is 0.000160. The maximum atomic E-state index is 12.1. The van der Waals surface area contributed by atoms with Gasteiger partial charge in [0.1, 0.15) is 5.82 Å². The molecule has 4 rings (SSSR count). The first-order valence-electron chi connectivity index (χ1n) is 11.7. The fourth-order valence-electron chi connectivity index (χ4n) is 5.01. The highest BCUT2D eigenvalue weighted by Gasteiger charge is 2.49. The lowest BCUT2D eigenvalue weighted by Crippen LogP contribution is -2.59. The van der Waals surface area contributed by atoms with E-state index >= 15 is 0 Å². The van der Waals surface area contributed by atoms with Crippen molar-refractivity contribution < 1.29 is 9.59 Å². The first kappa shape index (κ1) is 23.0. The smallest absolute Gasteiger partial charge is 0.245 e. The average Bonchev–Trinajstić information content (AvgIpc) is 3.23. The largest absolute Gasteiger partial charge is 0.366 e. The lowest BCUT2D eigenvalue weighted by Gasteiger charge is -2.47. The van der Waals surface area contributed by atoms with Crippen LogP contribution >= 0.6 is 0 Å². The predicted molar refractivity (Wildman–Crippen MR) is 131 cm³/mol. The lowest BCUT2D eigenvalue weighted by atomic mass is 9.79. The van der Waals surface area contributed by atoms with Crippen molar-refractivity contribution >= 4 is 34.5 Å². The van der Waals surface area contributed by atoms with Gasteiger partial charge in [0, 0.05) is 56.5 Å². The van der Waals surface area contributed by atoms with Crippen LogP contribution in [0.3, 0.4) is 0 Å². The van der Waals surface area contributed by atoms with Crippen LogP contribution in [0.4, 0.5) is 11.8 Å². The van der Waals surface area contributed by atoms with Crippen LogP contribution in [-0.2, 0) is 9.59 Å². The van der Waals surface area contributed by atoms with E-state index in [1.54, 1.807) is 7.05 Å². The van der Waals surface area contributed by atoms with Gasteiger partial charge in [0.2, 0.25) is 17.8 Å². The van der Waals surface area contributed by atoms with E-state index < -0.39 is 0 Å². The summed E-state index contributed by atoms with van der Waals surface area (Å²) < 4.78 is 0. The van der Waals surface area contributed by atoms with Crippen LogP contribution in [0.1, 0.15) is 33.1 Å². The molecule has 1 unspecified atom stereocenters. The summed E-state index contributed by atoms with van der Waals surface area (Å²) in [7, 11) is 1.67. The number of aromatic nitrogens is 2. The molecule has 2 aromatic rings. The molecule has 8 heteroatoms. The van der Waals surface area contributed by atoms with Gasteiger partial charge < -0.3 is 20.4 Å². The van der Waals surface area contributed by atoms with Gasteiger partial charge in [-0.1, -0.05) is 32.6 Å². The van der Waals surface area contributed by atoms with E-state index in [9.17, 15) is 9.59 Å². The summed E-state index contributed by atoms with van der Waals surface area (Å²) in [6.07, 6.45) is 3.65. The van der Waals surface area contributed by atoms with Gasteiger partial charge in [-0.25, -0.2) is 4.98 Å². The van der Waals surface area contributed by atoms with Crippen molar-refractivity contribution in [2.24, 2.45) is 11.3 Å². The fraction of sp³-hybridized carbons (Fsp3) is 0.520. The SMILES string of the molecule is C=CC(=O)N1CC2(CCN(c3nc(NC(CC(=O)NC)CC(C)C)c4ccccc4n3)C2)C1. The van der Waals surface area contributed by atoms with Gasteiger partial charge in [-0.15, -0.1) is 0 Å². The van der Waals surface area contributed by atoms with Crippen molar-refractivity contribution in [2.45, 2.75) is 39.2 Å². The van der Waals surface area contributed by atoms with E-state index in [4.69, 9.17) is 9.97 Å². The van der Waals surface area contributed by atoms with E-state index in [-0.39, 0.29) is 23.3 Å². The van der Waals surface area contributed by atoms with E-state index in [1.165, 1.54) is 6.08 Å². The standard InChI is InChI=1S/C25H34N6O2/c1-5-22(33)31-15-25(16-31)10-11-30(14-25)24-28-20-9-7-6-8-19(20)23(29-24)27-18(12-17(2)3)13-21(32)26-4/h5-9,17-18H,1,10-16H2,2-4H3,(H,26,32)(H,27,28,29). The summed E-state index contributed by atoms with van der Waals surface area (Å²) >= 11 is 0. The minimum atomic E-state index is -0.0221. The molecular weight excluding hydrogens is 416 g/mol. The third kappa shape index (κ3) is 4.94. The number of hydrogen-bond acceptors (Lipinski definition) is 6. The number of amides is 2. The minimum Gasteiger partial charge on any atom is -0.366 e. The van der Waals surface area contributed by atoms with E-state index in [2.05, 4.69) is 36.0 Å². The molecule has 0 saturated carbocycles. The highest BCUT2D eigenvalue weighted by Crippen LogP contribution is 2.41. The molecule has 8 nitrogen and oxygen atoms in total. The molecule has 2 aliphatic heterocycles. The second-order valence-corrected chi connectivity index (χ2v) is 9.81. The number of nitrogens with one attached hydrogen (secondary N) is 2. The van der Waals surface area contributed by atoms with Crippen molar-refractivity contribution in [2.75, 3.05) is 43.4 Å².